The second kappa shape index (κ2) is 5.43. The van der Waals surface area contributed by atoms with E-state index in [0.29, 0.717) is 0 Å². The van der Waals surface area contributed by atoms with Crippen LogP contribution in [0.1, 0.15) is 27.6 Å². The van der Waals surface area contributed by atoms with Gasteiger partial charge in [0.2, 0.25) is 0 Å². The van der Waals surface area contributed by atoms with Gasteiger partial charge in [0.15, 0.2) is 0 Å². The molecule has 0 aromatic heterocycles. The molecule has 7 heteroatoms. The van der Waals surface area contributed by atoms with Gasteiger partial charge in [-0.15, -0.1) is 0 Å². The Morgan fingerprint density at radius 1 is 1.32 bits per heavy atom. The van der Waals surface area contributed by atoms with Gasteiger partial charge in [0.05, 0.1) is 0 Å². The summed E-state index contributed by atoms with van der Waals surface area (Å²) in [6, 6.07) is 6.43. The number of allylic oxidation sites excluding steroid dienone is 2. The molecule has 3 rings (SSSR count). The first-order valence-electron chi connectivity index (χ1n) is 6.44. The van der Waals surface area contributed by atoms with Gasteiger partial charge in [0.25, 0.3) is 0 Å². The number of hydrogen-bond acceptors (Lipinski definition) is 4. The van der Waals surface area contributed by atoms with E-state index in [2.05, 4.69) is 0 Å². The van der Waals surface area contributed by atoms with Crippen LogP contribution in [0.2, 0.25) is 0 Å². The van der Waals surface area contributed by atoms with E-state index in [1.165, 1.54) is 6.92 Å². The molecular weight excluding hydrogens is 423 g/mol. The van der Waals surface area contributed by atoms with Gasteiger partial charge in [0, 0.05) is 0 Å². The summed E-state index contributed by atoms with van der Waals surface area (Å²) in [5.41, 5.74) is -0.600. The standard InChI is InChI=1S/C15H11ClIO5/c1-15(14(20)21)6-22-17-13(15)9-10(16)12(19)8-5-3-2-4-7(8)11(9)18/h2-5,13H,6H2,1H3,(H,20,21)/q-1. The summed E-state index contributed by atoms with van der Waals surface area (Å²) < 4.78 is 4.74. The fraction of sp³-hybridized carbons (Fsp3) is 0.267. The molecule has 0 bridgehead atoms. The zero-order valence-corrected chi connectivity index (χ0v) is 14.3. The van der Waals surface area contributed by atoms with E-state index in [4.69, 9.17) is 14.7 Å². The number of fused-ring (bicyclic) bond motifs is 1. The van der Waals surface area contributed by atoms with E-state index >= 15 is 0 Å². The fourth-order valence-electron chi connectivity index (χ4n) is 2.50. The van der Waals surface area contributed by atoms with E-state index in [1.54, 1.807) is 24.3 Å². The molecule has 0 spiro atoms. The average Bonchev–Trinajstić information content (AvgIpc) is 2.89. The summed E-state index contributed by atoms with van der Waals surface area (Å²) in [5, 5.41) is 9.31. The van der Waals surface area contributed by atoms with Gasteiger partial charge in [-0.25, -0.2) is 0 Å². The molecule has 1 fully saturated rings. The summed E-state index contributed by atoms with van der Waals surface area (Å²) >= 11 is 5.11. The minimum absolute atomic E-state index is 0.0249. The maximum atomic E-state index is 12.7. The van der Waals surface area contributed by atoms with Crippen LogP contribution >= 0.6 is 11.6 Å². The zero-order chi connectivity index (χ0) is 16.1. The van der Waals surface area contributed by atoms with Gasteiger partial charge >= 0.3 is 142 Å². The first kappa shape index (κ1) is 15.6. The van der Waals surface area contributed by atoms with Gasteiger partial charge in [-0.2, -0.15) is 0 Å². The number of ketones is 2. The van der Waals surface area contributed by atoms with Crippen molar-refractivity contribution in [1.82, 2.24) is 0 Å². The Balaban J connectivity index is 2.15. The Hall–Kier alpha value is -1.25. The van der Waals surface area contributed by atoms with Crippen molar-refractivity contribution in [2.75, 3.05) is 6.61 Å². The summed E-state index contributed by atoms with van der Waals surface area (Å²) in [5.74, 6) is -1.86. The Kier molecular flexibility index (Phi) is 3.86. The third-order valence-electron chi connectivity index (χ3n) is 3.90. The van der Waals surface area contributed by atoms with Crippen LogP contribution in [0.15, 0.2) is 34.9 Å². The van der Waals surface area contributed by atoms with Crippen LogP contribution in [0.5, 0.6) is 0 Å². The number of alkyl halides is 1. The molecule has 0 saturated carbocycles. The van der Waals surface area contributed by atoms with E-state index in [1.807, 2.05) is 0 Å². The van der Waals surface area contributed by atoms with Gasteiger partial charge < -0.3 is 0 Å². The average molecular weight is 434 g/mol. The van der Waals surface area contributed by atoms with E-state index in [-0.39, 0.29) is 34.1 Å². The number of carbonyl (C=O) groups is 3. The zero-order valence-electron chi connectivity index (χ0n) is 11.4. The van der Waals surface area contributed by atoms with Crippen molar-refractivity contribution in [2.24, 2.45) is 5.41 Å². The monoisotopic (exact) mass is 433 g/mol. The Morgan fingerprint density at radius 2 is 1.91 bits per heavy atom. The maximum absolute atomic E-state index is 12.7. The molecule has 1 heterocycles. The summed E-state index contributed by atoms with van der Waals surface area (Å²) in [7, 11) is 0. The molecule has 2 unspecified atom stereocenters. The Bertz CT molecular complexity index is 741. The quantitative estimate of drug-likeness (QED) is 0.481. The molecule has 22 heavy (non-hydrogen) atoms. The molecule has 0 radical (unpaired) electrons. The summed E-state index contributed by atoms with van der Waals surface area (Å²) in [4.78, 5) is 36.7. The Labute approximate surface area is 142 Å². The molecule has 2 aliphatic rings. The van der Waals surface area contributed by atoms with Gasteiger partial charge in [0.1, 0.15) is 0 Å². The number of aliphatic carboxylic acids is 1. The first-order valence-corrected chi connectivity index (χ1v) is 8.95. The topological polar surface area (TPSA) is 80.7 Å². The normalized spacial score (nSPS) is 28.4. The van der Waals surface area contributed by atoms with E-state index in [9.17, 15) is 19.5 Å². The fourth-order valence-corrected chi connectivity index (χ4v) is 6.03. The number of halogens is 2. The van der Waals surface area contributed by atoms with Crippen LogP contribution in [0, 0.1) is 5.41 Å². The van der Waals surface area contributed by atoms with Crippen molar-refractivity contribution < 1.29 is 44.2 Å². The second-order valence-corrected chi connectivity index (χ2v) is 8.11. The van der Waals surface area contributed by atoms with Gasteiger partial charge in [-0.05, 0) is 0 Å². The molecule has 5 nitrogen and oxygen atoms in total. The van der Waals surface area contributed by atoms with Gasteiger partial charge in [-0.3, -0.25) is 0 Å². The van der Waals surface area contributed by atoms with Crippen LogP contribution in [-0.2, 0) is 7.86 Å². The number of Topliss-reactive ketones (excluding diaryl/α,β-unsaturated/α-hetero) is 2. The number of carboxylic acid groups (broad SMARTS) is 1. The summed E-state index contributed by atoms with van der Waals surface area (Å²) in [6.07, 6.45) is 0. The number of rotatable bonds is 2. The summed E-state index contributed by atoms with van der Waals surface area (Å²) in [6.45, 7) is 1.55. The van der Waals surface area contributed by atoms with Crippen molar-refractivity contribution in [3.8, 4) is 0 Å². The molecule has 116 valence electrons. The van der Waals surface area contributed by atoms with E-state index in [0.717, 1.165) is 0 Å². The molecule has 1 aliphatic carbocycles. The van der Waals surface area contributed by atoms with Crippen LogP contribution in [0.25, 0.3) is 0 Å². The third kappa shape index (κ3) is 2.12. The van der Waals surface area contributed by atoms with Crippen molar-refractivity contribution >= 4 is 29.1 Å². The van der Waals surface area contributed by atoms with E-state index < -0.39 is 42.7 Å². The molecule has 1 aromatic carbocycles. The molecular formula is C15H11ClIO5-. The number of carboxylic acids is 1. The molecule has 1 N–H and O–H groups in total. The number of hydrogen-bond donors (Lipinski definition) is 1. The van der Waals surface area contributed by atoms with Crippen LogP contribution in [-0.4, -0.2) is 33.2 Å². The van der Waals surface area contributed by atoms with Crippen LogP contribution in [0.4, 0.5) is 0 Å². The SMILES string of the molecule is CC1(C(=O)O)CO[I-]C1C1=C(Cl)C(=O)c2ccccc2C1=O. The molecule has 1 saturated heterocycles. The predicted octanol–water partition coefficient (Wildman–Crippen LogP) is -0.948. The van der Waals surface area contributed by atoms with Crippen LogP contribution < -0.4 is 21.6 Å². The van der Waals surface area contributed by atoms with Crippen molar-refractivity contribution in [1.29, 1.82) is 0 Å². The number of carbonyl (C=O) groups excluding carboxylic acids is 2. The Morgan fingerprint density at radius 3 is 2.50 bits per heavy atom. The molecule has 1 aromatic rings. The minimum atomic E-state index is -1.23. The first-order chi connectivity index (χ1) is 10.4. The number of benzene rings is 1. The molecule has 1 aliphatic heterocycles. The van der Waals surface area contributed by atoms with Crippen molar-refractivity contribution in [3.63, 3.8) is 0 Å². The van der Waals surface area contributed by atoms with Crippen molar-refractivity contribution in [3.05, 3.63) is 46.0 Å². The van der Waals surface area contributed by atoms with Gasteiger partial charge in [-0.1, -0.05) is 0 Å². The molecule has 2 atom stereocenters. The predicted molar refractivity (Wildman–Crippen MR) is 73.5 cm³/mol. The molecule has 0 amide bonds. The van der Waals surface area contributed by atoms with Crippen LogP contribution in [0.3, 0.4) is 0 Å². The third-order valence-corrected chi connectivity index (χ3v) is 7.46. The van der Waals surface area contributed by atoms with Crippen molar-refractivity contribution in [2.45, 2.75) is 10.8 Å². The second-order valence-electron chi connectivity index (χ2n) is 5.36.